The maximum absolute atomic E-state index is 14.8. The lowest BCUT2D eigenvalue weighted by molar-refractivity contribution is 0.102. The van der Waals surface area contributed by atoms with Crippen LogP contribution in [0.15, 0.2) is 30.3 Å². The largest absolute Gasteiger partial charge is 0.336 e. The number of carbonyl (C=O) groups is 2. The lowest BCUT2D eigenvalue weighted by Gasteiger charge is -2.20. The molecule has 3 amide bonds. The Morgan fingerprint density at radius 2 is 2.07 bits per heavy atom. The van der Waals surface area contributed by atoms with Gasteiger partial charge in [0.1, 0.15) is 5.82 Å². The summed E-state index contributed by atoms with van der Waals surface area (Å²) in [7, 11) is 0. The highest BCUT2D eigenvalue weighted by Gasteiger charge is 2.24. The Bertz CT molecular complexity index is 934. The standard InChI is InChI=1S/C19H18ClFN4O2/c20-15-3-2-12(25-8-7-23-19(25)27)9-14(15)18(26)24-16-4-1-11-10-22-6-5-13(11)17(16)21/h1-4,9,22H,5-8,10H2,(H,23,27)(H,24,26). The number of urea groups is 1. The normalized spacial score (nSPS) is 16.1. The molecule has 2 heterocycles. The number of hydrogen-bond acceptors (Lipinski definition) is 3. The number of hydrogen-bond donors (Lipinski definition) is 3. The summed E-state index contributed by atoms with van der Waals surface area (Å²) in [6.45, 7) is 2.37. The van der Waals surface area contributed by atoms with Crippen LogP contribution < -0.4 is 20.9 Å². The molecule has 0 saturated carbocycles. The summed E-state index contributed by atoms with van der Waals surface area (Å²) in [6, 6.07) is 7.93. The molecule has 2 aliphatic rings. The molecule has 0 spiro atoms. The Balaban J connectivity index is 1.61. The van der Waals surface area contributed by atoms with E-state index in [1.807, 2.05) is 6.07 Å². The maximum atomic E-state index is 14.8. The van der Waals surface area contributed by atoms with Gasteiger partial charge >= 0.3 is 6.03 Å². The van der Waals surface area contributed by atoms with Gasteiger partial charge in [-0.3, -0.25) is 9.69 Å². The van der Waals surface area contributed by atoms with E-state index < -0.39 is 11.7 Å². The number of amides is 3. The lowest BCUT2D eigenvalue weighted by atomic mass is 9.99. The molecule has 3 N–H and O–H groups in total. The minimum atomic E-state index is -0.519. The van der Waals surface area contributed by atoms with Crippen molar-refractivity contribution >= 4 is 34.9 Å². The van der Waals surface area contributed by atoms with Gasteiger partial charge < -0.3 is 16.0 Å². The third kappa shape index (κ3) is 3.36. The number of anilines is 2. The quantitative estimate of drug-likeness (QED) is 0.757. The van der Waals surface area contributed by atoms with Crippen LogP contribution in [-0.2, 0) is 13.0 Å². The summed E-state index contributed by atoms with van der Waals surface area (Å²) in [5, 5.41) is 8.74. The monoisotopic (exact) mass is 388 g/mol. The molecule has 27 heavy (non-hydrogen) atoms. The molecular formula is C19H18ClFN4O2. The van der Waals surface area contributed by atoms with Crippen molar-refractivity contribution in [1.82, 2.24) is 10.6 Å². The Labute approximate surface area is 160 Å². The second-order valence-electron chi connectivity index (χ2n) is 6.49. The zero-order valence-corrected chi connectivity index (χ0v) is 15.2. The van der Waals surface area contributed by atoms with Gasteiger partial charge in [-0.25, -0.2) is 9.18 Å². The van der Waals surface area contributed by atoms with Crippen molar-refractivity contribution in [2.24, 2.45) is 0 Å². The fraction of sp³-hybridized carbons (Fsp3) is 0.263. The Hall–Kier alpha value is -2.64. The van der Waals surface area contributed by atoms with Crippen molar-refractivity contribution < 1.29 is 14.0 Å². The van der Waals surface area contributed by atoms with E-state index in [9.17, 15) is 14.0 Å². The smallest absolute Gasteiger partial charge is 0.321 e. The molecular weight excluding hydrogens is 371 g/mol. The van der Waals surface area contributed by atoms with E-state index in [1.165, 1.54) is 4.90 Å². The van der Waals surface area contributed by atoms with E-state index in [0.29, 0.717) is 43.9 Å². The van der Waals surface area contributed by atoms with Crippen LogP contribution in [0.25, 0.3) is 0 Å². The minimum Gasteiger partial charge on any atom is -0.336 e. The van der Waals surface area contributed by atoms with Crippen molar-refractivity contribution in [3.05, 3.63) is 57.9 Å². The predicted octanol–water partition coefficient (Wildman–Crippen LogP) is 2.91. The first-order valence-electron chi connectivity index (χ1n) is 8.72. The average Bonchev–Trinajstić information content (AvgIpc) is 3.10. The number of fused-ring (bicyclic) bond motifs is 1. The van der Waals surface area contributed by atoms with Crippen molar-refractivity contribution in [3.8, 4) is 0 Å². The van der Waals surface area contributed by atoms with E-state index in [0.717, 1.165) is 5.56 Å². The van der Waals surface area contributed by atoms with Crippen LogP contribution >= 0.6 is 11.6 Å². The van der Waals surface area contributed by atoms with Gasteiger partial charge in [-0.15, -0.1) is 0 Å². The average molecular weight is 389 g/mol. The van der Waals surface area contributed by atoms with Crippen molar-refractivity contribution in [2.75, 3.05) is 29.9 Å². The Morgan fingerprint density at radius 3 is 2.85 bits per heavy atom. The minimum absolute atomic E-state index is 0.126. The van der Waals surface area contributed by atoms with Crippen LogP contribution in [0, 0.1) is 5.82 Å². The zero-order chi connectivity index (χ0) is 19.0. The lowest BCUT2D eigenvalue weighted by Crippen LogP contribution is -2.28. The Kier molecular flexibility index (Phi) is 4.72. The molecule has 140 valence electrons. The van der Waals surface area contributed by atoms with Gasteiger partial charge in [0.25, 0.3) is 5.91 Å². The molecule has 2 aromatic carbocycles. The fourth-order valence-electron chi connectivity index (χ4n) is 3.39. The van der Waals surface area contributed by atoms with Crippen molar-refractivity contribution in [1.29, 1.82) is 0 Å². The first-order valence-corrected chi connectivity index (χ1v) is 9.09. The molecule has 0 bridgehead atoms. The van der Waals surface area contributed by atoms with Crippen LogP contribution in [0.4, 0.5) is 20.6 Å². The molecule has 0 atom stereocenters. The van der Waals surface area contributed by atoms with Gasteiger partial charge in [-0.05, 0) is 48.4 Å². The van der Waals surface area contributed by atoms with E-state index in [-0.39, 0.29) is 22.3 Å². The SMILES string of the molecule is O=C(Nc1ccc2c(c1F)CCNC2)c1cc(N2CCNC2=O)ccc1Cl. The van der Waals surface area contributed by atoms with Crippen LogP contribution in [0.3, 0.4) is 0 Å². The first kappa shape index (κ1) is 17.8. The Morgan fingerprint density at radius 1 is 1.22 bits per heavy atom. The summed E-state index contributed by atoms with van der Waals surface area (Å²) in [4.78, 5) is 26.1. The third-order valence-electron chi connectivity index (χ3n) is 4.82. The number of halogens is 2. The number of carbonyl (C=O) groups excluding carboxylic acids is 2. The van der Waals surface area contributed by atoms with E-state index in [4.69, 9.17) is 11.6 Å². The first-order chi connectivity index (χ1) is 13.0. The van der Waals surface area contributed by atoms with E-state index in [2.05, 4.69) is 16.0 Å². The van der Waals surface area contributed by atoms with E-state index >= 15 is 0 Å². The molecule has 0 unspecified atom stereocenters. The highest BCUT2D eigenvalue weighted by Crippen LogP contribution is 2.28. The zero-order valence-electron chi connectivity index (χ0n) is 14.4. The third-order valence-corrected chi connectivity index (χ3v) is 5.15. The highest BCUT2D eigenvalue weighted by molar-refractivity contribution is 6.34. The molecule has 6 nitrogen and oxygen atoms in total. The van der Waals surface area contributed by atoms with Crippen LogP contribution in [0.5, 0.6) is 0 Å². The molecule has 1 fully saturated rings. The van der Waals surface area contributed by atoms with Gasteiger partial charge in [0, 0.05) is 25.3 Å². The predicted molar refractivity (Wildman–Crippen MR) is 102 cm³/mol. The van der Waals surface area contributed by atoms with Gasteiger partial charge in [0.05, 0.1) is 16.3 Å². The number of rotatable bonds is 3. The topological polar surface area (TPSA) is 73.5 Å². The van der Waals surface area contributed by atoms with Crippen molar-refractivity contribution in [2.45, 2.75) is 13.0 Å². The molecule has 2 aromatic rings. The van der Waals surface area contributed by atoms with E-state index in [1.54, 1.807) is 24.3 Å². The number of nitrogens with zero attached hydrogens (tertiary/aromatic N) is 1. The second-order valence-corrected chi connectivity index (χ2v) is 6.90. The molecule has 2 aliphatic heterocycles. The summed E-state index contributed by atoms with van der Waals surface area (Å²) < 4.78 is 14.8. The molecule has 1 saturated heterocycles. The molecule has 8 heteroatoms. The second kappa shape index (κ2) is 7.17. The summed E-state index contributed by atoms with van der Waals surface area (Å²) in [6.07, 6.45) is 0.575. The molecule has 0 aliphatic carbocycles. The summed E-state index contributed by atoms with van der Waals surface area (Å²) in [5.41, 5.74) is 2.40. The van der Waals surface area contributed by atoms with Crippen LogP contribution in [0.2, 0.25) is 5.02 Å². The maximum Gasteiger partial charge on any atom is 0.321 e. The fourth-order valence-corrected chi connectivity index (χ4v) is 3.60. The van der Waals surface area contributed by atoms with Crippen molar-refractivity contribution in [3.63, 3.8) is 0 Å². The number of benzene rings is 2. The summed E-state index contributed by atoms with van der Waals surface area (Å²) >= 11 is 6.17. The summed E-state index contributed by atoms with van der Waals surface area (Å²) in [5.74, 6) is -0.928. The van der Waals surface area contributed by atoms with Gasteiger partial charge in [-0.1, -0.05) is 17.7 Å². The number of nitrogens with one attached hydrogen (secondary N) is 3. The molecule has 4 rings (SSSR count). The van der Waals surface area contributed by atoms with Gasteiger partial charge in [0.2, 0.25) is 0 Å². The van der Waals surface area contributed by atoms with Gasteiger partial charge in [0.15, 0.2) is 0 Å². The van der Waals surface area contributed by atoms with Crippen LogP contribution in [0.1, 0.15) is 21.5 Å². The van der Waals surface area contributed by atoms with Crippen LogP contribution in [-0.4, -0.2) is 31.6 Å². The highest BCUT2D eigenvalue weighted by atomic mass is 35.5. The molecule has 0 aromatic heterocycles. The van der Waals surface area contributed by atoms with Gasteiger partial charge in [-0.2, -0.15) is 0 Å². The molecule has 0 radical (unpaired) electrons.